The molecular weight excluding hydrogens is 332 g/mol. The first-order valence-corrected chi connectivity index (χ1v) is 9.06. The van der Waals surface area contributed by atoms with Crippen LogP contribution in [0.15, 0.2) is 54.2 Å². The molecule has 0 spiro atoms. The number of benzene rings is 1. The number of aromatic nitrogens is 3. The van der Waals surface area contributed by atoms with Crippen molar-refractivity contribution in [1.29, 1.82) is 0 Å². The van der Waals surface area contributed by atoms with E-state index in [0.717, 1.165) is 23.1 Å². The number of hydrogen-bond donors (Lipinski definition) is 2. The van der Waals surface area contributed by atoms with Gasteiger partial charge in [-0.25, -0.2) is 9.97 Å². The highest BCUT2D eigenvalue weighted by molar-refractivity contribution is 7.11. The van der Waals surface area contributed by atoms with Gasteiger partial charge in [0.2, 0.25) is 0 Å². The second-order valence-electron chi connectivity index (χ2n) is 5.45. The number of rotatable bonds is 6. The topological polar surface area (TPSA) is 67.1 Å². The summed E-state index contributed by atoms with van der Waals surface area (Å²) >= 11 is 1.73. The maximum Gasteiger partial charge on any atom is 0.191 e. The molecule has 0 saturated heterocycles. The molecule has 2 N–H and O–H groups in total. The monoisotopic (exact) mass is 354 g/mol. The summed E-state index contributed by atoms with van der Waals surface area (Å²) in [5.74, 6) is 0.758. The second kappa shape index (κ2) is 8.43. The largest absolute Gasteiger partial charge is 0.352 e. The van der Waals surface area contributed by atoms with E-state index >= 15 is 0 Å². The molecule has 0 saturated carbocycles. The summed E-state index contributed by atoms with van der Waals surface area (Å²) in [6.07, 6.45) is 8.50. The number of nitrogens with zero attached hydrogens (tertiary/aromatic N) is 4. The molecule has 0 fully saturated rings. The molecule has 0 aliphatic heterocycles. The minimum atomic E-state index is 0.673. The number of para-hydroxylation sites is 1. The number of guanidine groups is 1. The molecule has 0 aliphatic carbocycles. The predicted octanol–water partition coefficient (Wildman–Crippen LogP) is 2.76. The van der Waals surface area contributed by atoms with E-state index in [-0.39, 0.29) is 0 Å². The molecule has 130 valence electrons. The van der Waals surface area contributed by atoms with E-state index in [1.165, 1.54) is 10.4 Å². The molecule has 6 nitrogen and oxygen atoms in total. The fourth-order valence-corrected chi connectivity index (χ4v) is 3.27. The van der Waals surface area contributed by atoms with Crippen molar-refractivity contribution in [1.82, 2.24) is 25.2 Å². The van der Waals surface area contributed by atoms with Gasteiger partial charge in [0.15, 0.2) is 5.96 Å². The van der Waals surface area contributed by atoms with Crippen molar-refractivity contribution < 1.29 is 0 Å². The van der Waals surface area contributed by atoms with E-state index in [9.17, 15) is 0 Å². The molecule has 2 heterocycles. The lowest BCUT2D eigenvalue weighted by atomic mass is 10.1. The molecule has 0 bridgehead atoms. The number of aryl methyl sites for hydroxylation is 1. The Morgan fingerprint density at radius 1 is 1.24 bits per heavy atom. The Labute approximate surface area is 151 Å². The quantitative estimate of drug-likeness (QED) is 0.528. The maximum atomic E-state index is 4.42. The van der Waals surface area contributed by atoms with Gasteiger partial charge < -0.3 is 15.2 Å². The minimum Gasteiger partial charge on any atom is -0.352 e. The zero-order valence-electron chi connectivity index (χ0n) is 14.4. The van der Waals surface area contributed by atoms with Crippen LogP contribution in [-0.2, 0) is 19.5 Å². The summed E-state index contributed by atoms with van der Waals surface area (Å²) in [5, 5.41) is 7.74. The third kappa shape index (κ3) is 4.45. The van der Waals surface area contributed by atoms with Crippen molar-refractivity contribution in [2.45, 2.75) is 26.4 Å². The zero-order valence-corrected chi connectivity index (χ0v) is 15.3. The van der Waals surface area contributed by atoms with E-state index in [2.05, 4.69) is 44.7 Å². The van der Waals surface area contributed by atoms with Gasteiger partial charge in [0.1, 0.15) is 5.01 Å². The molecule has 1 aromatic carbocycles. The molecule has 0 radical (unpaired) electrons. The first-order chi connectivity index (χ1) is 12.3. The lowest BCUT2D eigenvalue weighted by Gasteiger charge is -2.14. The first-order valence-electron chi connectivity index (χ1n) is 8.24. The van der Waals surface area contributed by atoms with Gasteiger partial charge >= 0.3 is 0 Å². The van der Waals surface area contributed by atoms with Gasteiger partial charge in [0, 0.05) is 37.1 Å². The Morgan fingerprint density at radius 2 is 2.08 bits per heavy atom. The third-order valence-electron chi connectivity index (χ3n) is 3.80. The van der Waals surface area contributed by atoms with Gasteiger partial charge in [-0.3, -0.25) is 4.99 Å². The van der Waals surface area contributed by atoms with Crippen LogP contribution in [0.1, 0.15) is 22.4 Å². The van der Waals surface area contributed by atoms with Crippen molar-refractivity contribution in [3.63, 3.8) is 0 Å². The summed E-state index contributed by atoms with van der Waals surface area (Å²) in [6, 6.07) is 8.25. The average Bonchev–Trinajstić information content (AvgIpc) is 3.34. The number of hydrogen-bond acceptors (Lipinski definition) is 4. The number of aliphatic imine (C=N–C) groups is 1. The fraction of sp³-hybridized carbons (Fsp3) is 0.278. The smallest absolute Gasteiger partial charge is 0.191 e. The van der Waals surface area contributed by atoms with Crippen LogP contribution < -0.4 is 10.6 Å². The average molecular weight is 354 g/mol. The number of imidazole rings is 1. The predicted molar refractivity (Wildman–Crippen MR) is 102 cm³/mol. The standard InChI is InChI=1S/C18H22N6S/c1-3-15-11-21-17(25-15)12-23-18(19-2)22-10-14-6-4-5-7-16(14)24-9-8-20-13-24/h4-9,11,13H,3,10,12H2,1-2H3,(H2,19,22,23). The fourth-order valence-electron chi connectivity index (χ4n) is 2.47. The lowest BCUT2D eigenvalue weighted by Crippen LogP contribution is -2.36. The molecule has 0 amide bonds. The van der Waals surface area contributed by atoms with Crippen LogP contribution >= 0.6 is 11.3 Å². The van der Waals surface area contributed by atoms with E-state index < -0.39 is 0 Å². The van der Waals surface area contributed by atoms with E-state index in [1.54, 1.807) is 30.9 Å². The Balaban J connectivity index is 1.60. The first kappa shape index (κ1) is 17.2. The normalized spacial score (nSPS) is 11.5. The maximum absolute atomic E-state index is 4.42. The summed E-state index contributed by atoms with van der Waals surface area (Å²) in [5.41, 5.74) is 2.28. The van der Waals surface area contributed by atoms with Crippen molar-refractivity contribution >= 4 is 17.3 Å². The molecule has 2 aromatic heterocycles. The van der Waals surface area contributed by atoms with Crippen LogP contribution in [0.2, 0.25) is 0 Å². The van der Waals surface area contributed by atoms with Gasteiger partial charge in [-0.15, -0.1) is 11.3 Å². The Bertz CT molecular complexity index is 822. The summed E-state index contributed by atoms with van der Waals surface area (Å²) in [7, 11) is 1.77. The van der Waals surface area contributed by atoms with Crippen LogP contribution in [0.4, 0.5) is 0 Å². The van der Waals surface area contributed by atoms with E-state index in [4.69, 9.17) is 0 Å². The molecule has 25 heavy (non-hydrogen) atoms. The molecule has 3 aromatic rings. The van der Waals surface area contributed by atoms with Crippen molar-refractivity contribution in [3.05, 3.63) is 64.6 Å². The van der Waals surface area contributed by atoms with Crippen molar-refractivity contribution in [2.24, 2.45) is 4.99 Å². The Hall–Kier alpha value is -2.67. The van der Waals surface area contributed by atoms with Gasteiger partial charge in [-0.05, 0) is 18.1 Å². The van der Waals surface area contributed by atoms with Crippen molar-refractivity contribution in [2.75, 3.05) is 7.05 Å². The molecule has 3 rings (SSSR count). The molecule has 0 unspecified atom stereocenters. The molecule has 7 heteroatoms. The van der Waals surface area contributed by atoms with Gasteiger partial charge in [0.05, 0.1) is 18.6 Å². The SMILES string of the molecule is CCc1cnc(CNC(=NC)NCc2ccccc2-n2ccnc2)s1. The second-order valence-corrected chi connectivity index (χ2v) is 6.65. The Kier molecular flexibility index (Phi) is 5.79. The van der Waals surface area contributed by atoms with Crippen LogP contribution in [0, 0.1) is 0 Å². The highest BCUT2D eigenvalue weighted by atomic mass is 32.1. The number of nitrogens with one attached hydrogen (secondary N) is 2. The lowest BCUT2D eigenvalue weighted by molar-refractivity contribution is 0.800. The molecule has 0 aliphatic rings. The van der Waals surface area contributed by atoms with Gasteiger partial charge in [-0.1, -0.05) is 25.1 Å². The van der Waals surface area contributed by atoms with Gasteiger partial charge in [0.25, 0.3) is 0 Å². The minimum absolute atomic E-state index is 0.673. The summed E-state index contributed by atoms with van der Waals surface area (Å²) in [4.78, 5) is 14.1. The third-order valence-corrected chi connectivity index (χ3v) is 4.94. The van der Waals surface area contributed by atoms with Crippen molar-refractivity contribution in [3.8, 4) is 5.69 Å². The van der Waals surface area contributed by atoms with Crippen LogP contribution in [0.5, 0.6) is 0 Å². The van der Waals surface area contributed by atoms with Crippen LogP contribution in [0.25, 0.3) is 5.69 Å². The van der Waals surface area contributed by atoms with E-state index in [0.29, 0.717) is 13.1 Å². The molecule has 0 atom stereocenters. The zero-order chi connectivity index (χ0) is 17.5. The summed E-state index contributed by atoms with van der Waals surface area (Å²) in [6.45, 7) is 3.49. The van der Waals surface area contributed by atoms with Crippen LogP contribution in [-0.4, -0.2) is 27.5 Å². The summed E-state index contributed by atoms with van der Waals surface area (Å²) < 4.78 is 2.01. The van der Waals surface area contributed by atoms with Gasteiger partial charge in [-0.2, -0.15) is 0 Å². The Morgan fingerprint density at radius 3 is 2.80 bits per heavy atom. The van der Waals surface area contributed by atoms with E-state index in [1.807, 2.05) is 29.1 Å². The van der Waals surface area contributed by atoms with Crippen LogP contribution in [0.3, 0.4) is 0 Å². The highest BCUT2D eigenvalue weighted by Gasteiger charge is 2.06. The highest BCUT2D eigenvalue weighted by Crippen LogP contribution is 2.14. The number of thiazole rings is 1. The molecular formula is C18H22N6S.